The Labute approximate surface area is 147 Å². The molecule has 3 aromatic rings. The first kappa shape index (κ1) is 15.7. The van der Waals surface area contributed by atoms with Crippen molar-refractivity contribution in [2.24, 2.45) is 0 Å². The molecule has 0 saturated carbocycles. The zero-order valence-electron chi connectivity index (χ0n) is 13.1. The first-order valence-corrected chi connectivity index (χ1v) is 8.44. The standard InChI is InChI=1S/C19H13FN2O2S/c1-12-18(23)22(19(24)25-12)17-4-2-3-16-15(17)9-10-21(16)11-13-5-7-14(20)8-6-13/h2-10H,1,11H2. The second kappa shape index (κ2) is 5.89. The maximum absolute atomic E-state index is 13.1. The fraction of sp³-hybridized carbons (Fsp3) is 0.0526. The predicted molar refractivity (Wildman–Crippen MR) is 97.1 cm³/mol. The van der Waals surface area contributed by atoms with Gasteiger partial charge in [0.25, 0.3) is 11.1 Å². The number of thioether (sulfide) groups is 1. The Hall–Kier alpha value is -2.86. The van der Waals surface area contributed by atoms with E-state index in [2.05, 4.69) is 6.58 Å². The minimum absolute atomic E-state index is 0.229. The van der Waals surface area contributed by atoms with Crippen LogP contribution in [0.5, 0.6) is 0 Å². The zero-order valence-corrected chi connectivity index (χ0v) is 13.9. The lowest BCUT2D eigenvalue weighted by Gasteiger charge is -2.14. The van der Waals surface area contributed by atoms with Crippen LogP contribution in [0, 0.1) is 5.82 Å². The molecular formula is C19H13FN2O2S. The van der Waals surface area contributed by atoms with E-state index in [0.29, 0.717) is 12.2 Å². The molecule has 0 bridgehead atoms. The summed E-state index contributed by atoms with van der Waals surface area (Å²) in [5.74, 6) is -0.652. The number of imide groups is 1. The molecule has 0 spiro atoms. The Balaban J connectivity index is 1.76. The monoisotopic (exact) mass is 352 g/mol. The molecule has 124 valence electrons. The van der Waals surface area contributed by atoms with Gasteiger partial charge in [0, 0.05) is 18.1 Å². The highest BCUT2D eigenvalue weighted by molar-refractivity contribution is 8.18. The van der Waals surface area contributed by atoms with Crippen LogP contribution in [0.4, 0.5) is 14.9 Å². The van der Waals surface area contributed by atoms with Gasteiger partial charge >= 0.3 is 0 Å². The van der Waals surface area contributed by atoms with Crippen molar-refractivity contribution in [1.29, 1.82) is 0 Å². The number of hydrogen-bond acceptors (Lipinski definition) is 3. The molecule has 4 nitrogen and oxygen atoms in total. The smallest absolute Gasteiger partial charge is 0.298 e. The number of carbonyl (C=O) groups excluding carboxylic acids is 2. The highest BCUT2D eigenvalue weighted by atomic mass is 32.2. The Morgan fingerprint density at radius 3 is 2.48 bits per heavy atom. The second-order valence-electron chi connectivity index (χ2n) is 5.71. The Morgan fingerprint density at radius 1 is 1.04 bits per heavy atom. The van der Waals surface area contributed by atoms with Gasteiger partial charge in [-0.15, -0.1) is 0 Å². The van der Waals surface area contributed by atoms with E-state index in [1.807, 2.05) is 29.0 Å². The van der Waals surface area contributed by atoms with Crippen molar-refractivity contribution in [3.8, 4) is 0 Å². The molecule has 6 heteroatoms. The van der Waals surface area contributed by atoms with E-state index in [1.54, 1.807) is 18.2 Å². The molecule has 25 heavy (non-hydrogen) atoms. The molecule has 4 rings (SSSR count). The summed E-state index contributed by atoms with van der Waals surface area (Å²) in [7, 11) is 0. The predicted octanol–water partition coefficient (Wildman–Crippen LogP) is 4.54. The SMILES string of the molecule is C=C1SC(=O)N(c2cccc3c2ccn3Cc2ccc(F)cc2)C1=O. The molecule has 0 N–H and O–H groups in total. The number of fused-ring (bicyclic) bond motifs is 1. The van der Waals surface area contributed by atoms with Gasteiger partial charge in [-0.25, -0.2) is 9.29 Å². The topological polar surface area (TPSA) is 42.3 Å². The molecule has 1 aliphatic rings. The fourth-order valence-corrected chi connectivity index (χ4v) is 3.60. The van der Waals surface area contributed by atoms with Gasteiger partial charge in [-0.2, -0.15) is 0 Å². The van der Waals surface area contributed by atoms with Crippen LogP contribution in [0.15, 0.2) is 66.2 Å². The summed E-state index contributed by atoms with van der Waals surface area (Å²) in [5, 5.41) is 0.468. The summed E-state index contributed by atoms with van der Waals surface area (Å²) in [4.78, 5) is 25.8. The zero-order chi connectivity index (χ0) is 17.6. The van der Waals surface area contributed by atoms with Gasteiger partial charge in [-0.1, -0.05) is 24.8 Å². The molecule has 1 fully saturated rings. The van der Waals surface area contributed by atoms with E-state index in [1.165, 1.54) is 12.1 Å². The average Bonchev–Trinajstić information content (AvgIpc) is 3.11. The third kappa shape index (κ3) is 2.64. The van der Waals surface area contributed by atoms with Gasteiger partial charge in [0.15, 0.2) is 0 Å². The van der Waals surface area contributed by atoms with Crippen molar-refractivity contribution in [2.45, 2.75) is 6.54 Å². The lowest BCUT2D eigenvalue weighted by atomic mass is 10.2. The molecule has 1 aromatic heterocycles. The van der Waals surface area contributed by atoms with Crippen molar-refractivity contribution < 1.29 is 14.0 Å². The normalized spacial score (nSPS) is 14.8. The van der Waals surface area contributed by atoms with Gasteiger partial charge in [0.2, 0.25) is 0 Å². The third-order valence-corrected chi connectivity index (χ3v) is 4.91. The molecule has 0 atom stereocenters. The molecule has 1 aliphatic heterocycles. The first-order valence-electron chi connectivity index (χ1n) is 7.62. The Bertz CT molecular complexity index is 1020. The van der Waals surface area contributed by atoms with E-state index >= 15 is 0 Å². The van der Waals surface area contributed by atoms with Crippen molar-refractivity contribution in [3.63, 3.8) is 0 Å². The number of nitrogens with zero attached hydrogens (tertiary/aromatic N) is 2. The summed E-state index contributed by atoms with van der Waals surface area (Å²) in [6.07, 6.45) is 1.89. The van der Waals surface area contributed by atoms with Crippen LogP contribution in [-0.2, 0) is 11.3 Å². The lowest BCUT2D eigenvalue weighted by molar-refractivity contribution is -0.113. The van der Waals surface area contributed by atoms with Gasteiger partial charge in [-0.05, 0) is 47.7 Å². The van der Waals surface area contributed by atoms with Gasteiger partial charge < -0.3 is 4.57 Å². The largest absolute Gasteiger partial charge is 0.343 e. The van der Waals surface area contributed by atoms with Gasteiger partial charge in [0.1, 0.15) is 5.82 Å². The number of anilines is 1. The van der Waals surface area contributed by atoms with Crippen LogP contribution >= 0.6 is 11.8 Å². The number of halogens is 1. The number of amides is 2. The number of hydrogen-bond donors (Lipinski definition) is 0. The van der Waals surface area contributed by atoms with E-state index in [9.17, 15) is 14.0 Å². The molecule has 2 heterocycles. The highest BCUT2D eigenvalue weighted by Crippen LogP contribution is 2.37. The number of benzene rings is 2. The van der Waals surface area contributed by atoms with Gasteiger partial charge in [0.05, 0.1) is 16.1 Å². The molecule has 0 aliphatic carbocycles. The quantitative estimate of drug-likeness (QED) is 0.650. The van der Waals surface area contributed by atoms with E-state index < -0.39 is 0 Å². The summed E-state index contributed by atoms with van der Waals surface area (Å²) in [6.45, 7) is 4.19. The van der Waals surface area contributed by atoms with Crippen molar-refractivity contribution in [3.05, 3.63) is 77.6 Å². The van der Waals surface area contributed by atoms with Crippen molar-refractivity contribution in [2.75, 3.05) is 4.90 Å². The maximum atomic E-state index is 13.1. The Kier molecular flexibility index (Phi) is 3.69. The molecule has 2 amide bonds. The Morgan fingerprint density at radius 2 is 1.80 bits per heavy atom. The molecule has 0 radical (unpaired) electrons. The maximum Gasteiger partial charge on any atom is 0.298 e. The number of rotatable bonds is 3. The molecule has 0 unspecified atom stereocenters. The van der Waals surface area contributed by atoms with Crippen molar-refractivity contribution in [1.82, 2.24) is 4.57 Å². The summed E-state index contributed by atoms with van der Waals surface area (Å²) in [5.41, 5.74) is 2.41. The van der Waals surface area contributed by atoms with Crippen LogP contribution in [0.3, 0.4) is 0 Å². The summed E-state index contributed by atoms with van der Waals surface area (Å²) >= 11 is 0.851. The number of carbonyl (C=O) groups is 2. The second-order valence-corrected chi connectivity index (χ2v) is 6.76. The minimum Gasteiger partial charge on any atom is -0.343 e. The molecule has 1 saturated heterocycles. The van der Waals surface area contributed by atoms with Crippen LogP contribution in [0.1, 0.15) is 5.56 Å². The van der Waals surface area contributed by atoms with Crippen molar-refractivity contribution >= 4 is 39.5 Å². The minimum atomic E-state index is -0.381. The van der Waals surface area contributed by atoms with E-state index in [-0.39, 0.29) is 21.9 Å². The highest BCUT2D eigenvalue weighted by Gasteiger charge is 2.36. The molecule has 2 aromatic carbocycles. The molecular weight excluding hydrogens is 339 g/mol. The van der Waals surface area contributed by atoms with E-state index in [0.717, 1.165) is 33.1 Å². The van der Waals surface area contributed by atoms with Crippen LogP contribution in [-0.4, -0.2) is 15.7 Å². The van der Waals surface area contributed by atoms with Gasteiger partial charge in [-0.3, -0.25) is 9.59 Å². The van der Waals surface area contributed by atoms with Crippen LogP contribution < -0.4 is 4.90 Å². The van der Waals surface area contributed by atoms with E-state index in [4.69, 9.17) is 0 Å². The first-order chi connectivity index (χ1) is 12.0. The van der Waals surface area contributed by atoms with Crippen LogP contribution in [0.25, 0.3) is 10.9 Å². The fourth-order valence-electron chi connectivity index (χ4n) is 2.94. The average molecular weight is 352 g/mol. The van der Waals surface area contributed by atoms with Crippen LogP contribution in [0.2, 0.25) is 0 Å². The third-order valence-electron chi connectivity index (χ3n) is 4.13. The summed E-state index contributed by atoms with van der Waals surface area (Å²) in [6, 6.07) is 13.7. The lowest BCUT2D eigenvalue weighted by Crippen LogP contribution is -2.27. The summed E-state index contributed by atoms with van der Waals surface area (Å²) < 4.78 is 15.1. The number of aromatic nitrogens is 1.